The van der Waals surface area contributed by atoms with Crippen molar-refractivity contribution in [2.45, 2.75) is 33.4 Å². The van der Waals surface area contributed by atoms with Crippen molar-refractivity contribution in [2.24, 2.45) is 5.92 Å². The largest absolute Gasteiger partial charge is 0.380 e. The summed E-state index contributed by atoms with van der Waals surface area (Å²) in [4.78, 5) is 0. The zero-order chi connectivity index (χ0) is 12.7. The average Bonchev–Trinajstić information content (AvgIpc) is 2.31. The predicted octanol–water partition coefficient (Wildman–Crippen LogP) is 2.98. The molecule has 0 fully saturated rings. The molecule has 1 unspecified atom stereocenters. The predicted molar refractivity (Wildman–Crippen MR) is 68.4 cm³/mol. The Morgan fingerprint density at radius 1 is 1.29 bits per heavy atom. The number of benzene rings is 1. The van der Waals surface area contributed by atoms with Crippen LogP contribution in [0.3, 0.4) is 0 Å². The molecule has 0 aliphatic heterocycles. The Morgan fingerprint density at radius 2 is 2.00 bits per heavy atom. The van der Waals surface area contributed by atoms with Crippen LogP contribution in [0.2, 0.25) is 0 Å². The van der Waals surface area contributed by atoms with Crippen LogP contribution in [0.5, 0.6) is 0 Å². The van der Waals surface area contributed by atoms with E-state index in [1.165, 1.54) is 6.07 Å². The lowest BCUT2D eigenvalue weighted by Crippen LogP contribution is -2.37. The zero-order valence-corrected chi connectivity index (χ0v) is 10.9. The smallest absolute Gasteiger partial charge is 0.127 e. The molecule has 0 spiro atoms. The molecule has 1 atom stereocenters. The van der Waals surface area contributed by atoms with Gasteiger partial charge in [-0.1, -0.05) is 32.0 Å². The molecular weight excluding hydrogens is 217 g/mol. The van der Waals surface area contributed by atoms with E-state index in [4.69, 9.17) is 4.74 Å². The summed E-state index contributed by atoms with van der Waals surface area (Å²) >= 11 is 0. The van der Waals surface area contributed by atoms with E-state index in [2.05, 4.69) is 19.2 Å². The van der Waals surface area contributed by atoms with Gasteiger partial charge in [-0.25, -0.2) is 4.39 Å². The highest BCUT2D eigenvalue weighted by atomic mass is 19.1. The second-order valence-electron chi connectivity index (χ2n) is 4.48. The molecule has 0 saturated carbocycles. The fourth-order valence-corrected chi connectivity index (χ4v) is 1.61. The number of hydrogen-bond donors (Lipinski definition) is 1. The summed E-state index contributed by atoms with van der Waals surface area (Å²) in [6.45, 7) is 8.18. The van der Waals surface area contributed by atoms with Gasteiger partial charge in [0.05, 0.1) is 6.61 Å². The molecule has 1 aromatic carbocycles. The molecule has 0 aliphatic carbocycles. The molecular formula is C14H22FNO. The molecule has 17 heavy (non-hydrogen) atoms. The summed E-state index contributed by atoms with van der Waals surface area (Å²) < 4.78 is 18.8. The van der Waals surface area contributed by atoms with Crippen molar-refractivity contribution in [1.82, 2.24) is 5.32 Å². The molecule has 0 bridgehead atoms. The first-order valence-corrected chi connectivity index (χ1v) is 6.19. The van der Waals surface area contributed by atoms with Crippen LogP contribution in [0.1, 0.15) is 26.3 Å². The van der Waals surface area contributed by atoms with Crippen LogP contribution >= 0.6 is 0 Å². The van der Waals surface area contributed by atoms with Crippen LogP contribution in [-0.2, 0) is 11.3 Å². The molecule has 2 nitrogen and oxygen atoms in total. The van der Waals surface area contributed by atoms with Crippen LogP contribution < -0.4 is 5.32 Å². The van der Waals surface area contributed by atoms with Gasteiger partial charge in [-0.05, 0) is 18.9 Å². The first kappa shape index (κ1) is 14.1. The molecule has 0 amide bonds. The van der Waals surface area contributed by atoms with Crippen LogP contribution in [-0.4, -0.2) is 19.3 Å². The van der Waals surface area contributed by atoms with E-state index in [0.717, 1.165) is 0 Å². The molecule has 0 heterocycles. The molecule has 1 rings (SSSR count). The van der Waals surface area contributed by atoms with E-state index < -0.39 is 0 Å². The summed E-state index contributed by atoms with van der Waals surface area (Å²) in [7, 11) is 0. The highest BCUT2D eigenvalue weighted by molar-refractivity contribution is 5.17. The van der Waals surface area contributed by atoms with E-state index in [-0.39, 0.29) is 11.9 Å². The van der Waals surface area contributed by atoms with Crippen molar-refractivity contribution < 1.29 is 9.13 Å². The summed E-state index contributed by atoms with van der Waals surface area (Å²) in [6, 6.07) is 7.12. The van der Waals surface area contributed by atoms with E-state index in [9.17, 15) is 4.39 Å². The quantitative estimate of drug-likeness (QED) is 0.790. The van der Waals surface area contributed by atoms with Crippen molar-refractivity contribution in [3.63, 3.8) is 0 Å². The molecule has 0 aromatic heterocycles. The SMILES string of the molecule is CCOCC(NCc1ccccc1F)C(C)C. The summed E-state index contributed by atoms with van der Waals surface area (Å²) in [6.07, 6.45) is 0. The molecule has 96 valence electrons. The lowest BCUT2D eigenvalue weighted by Gasteiger charge is -2.22. The minimum atomic E-state index is -0.154. The van der Waals surface area contributed by atoms with Gasteiger partial charge in [-0.3, -0.25) is 0 Å². The van der Waals surface area contributed by atoms with Gasteiger partial charge in [-0.15, -0.1) is 0 Å². The van der Waals surface area contributed by atoms with E-state index >= 15 is 0 Å². The standard InChI is InChI=1S/C14H22FNO/c1-4-17-10-14(11(2)3)16-9-12-7-5-6-8-13(12)15/h5-8,11,14,16H,4,9-10H2,1-3H3. The average molecular weight is 239 g/mol. The minimum Gasteiger partial charge on any atom is -0.380 e. The van der Waals surface area contributed by atoms with Crippen molar-refractivity contribution in [3.05, 3.63) is 35.6 Å². The number of nitrogens with one attached hydrogen (secondary N) is 1. The first-order chi connectivity index (χ1) is 8.15. The summed E-state index contributed by atoms with van der Waals surface area (Å²) in [5.41, 5.74) is 0.703. The van der Waals surface area contributed by atoms with Gasteiger partial charge in [0, 0.05) is 24.8 Å². The second-order valence-corrected chi connectivity index (χ2v) is 4.48. The van der Waals surface area contributed by atoms with Crippen molar-refractivity contribution in [2.75, 3.05) is 13.2 Å². The van der Waals surface area contributed by atoms with Gasteiger partial charge < -0.3 is 10.1 Å². The van der Waals surface area contributed by atoms with Crippen LogP contribution in [0.4, 0.5) is 4.39 Å². The lowest BCUT2D eigenvalue weighted by molar-refractivity contribution is 0.107. The second kappa shape index (κ2) is 7.41. The molecule has 1 N–H and O–H groups in total. The van der Waals surface area contributed by atoms with E-state index in [1.807, 2.05) is 13.0 Å². The van der Waals surface area contributed by atoms with Crippen LogP contribution in [0, 0.1) is 11.7 Å². The molecule has 0 radical (unpaired) electrons. The van der Waals surface area contributed by atoms with Gasteiger partial charge in [0.1, 0.15) is 5.82 Å². The molecule has 3 heteroatoms. The van der Waals surface area contributed by atoms with Crippen molar-refractivity contribution in [1.29, 1.82) is 0 Å². The maximum atomic E-state index is 13.4. The molecule has 0 aliphatic rings. The number of hydrogen-bond acceptors (Lipinski definition) is 2. The van der Waals surface area contributed by atoms with Crippen molar-refractivity contribution in [3.8, 4) is 0 Å². The Labute approximate surface area is 103 Å². The van der Waals surface area contributed by atoms with Gasteiger partial charge in [-0.2, -0.15) is 0 Å². The van der Waals surface area contributed by atoms with E-state index in [1.54, 1.807) is 12.1 Å². The maximum absolute atomic E-state index is 13.4. The number of halogens is 1. The highest BCUT2D eigenvalue weighted by Crippen LogP contribution is 2.08. The maximum Gasteiger partial charge on any atom is 0.127 e. The van der Waals surface area contributed by atoms with Crippen LogP contribution in [0.15, 0.2) is 24.3 Å². The lowest BCUT2D eigenvalue weighted by atomic mass is 10.0. The Hall–Kier alpha value is -0.930. The minimum absolute atomic E-state index is 0.154. The fourth-order valence-electron chi connectivity index (χ4n) is 1.61. The van der Waals surface area contributed by atoms with Gasteiger partial charge >= 0.3 is 0 Å². The fraction of sp³-hybridized carbons (Fsp3) is 0.571. The van der Waals surface area contributed by atoms with Gasteiger partial charge in [0.15, 0.2) is 0 Å². The van der Waals surface area contributed by atoms with Crippen LogP contribution in [0.25, 0.3) is 0 Å². The molecule has 1 aromatic rings. The Morgan fingerprint density at radius 3 is 2.59 bits per heavy atom. The summed E-state index contributed by atoms with van der Waals surface area (Å²) in [5.74, 6) is 0.312. The Kier molecular flexibility index (Phi) is 6.16. The monoisotopic (exact) mass is 239 g/mol. The Bertz CT molecular complexity index is 328. The third-order valence-corrected chi connectivity index (χ3v) is 2.82. The van der Waals surface area contributed by atoms with Gasteiger partial charge in [0.2, 0.25) is 0 Å². The number of ether oxygens (including phenoxy) is 1. The first-order valence-electron chi connectivity index (χ1n) is 6.19. The topological polar surface area (TPSA) is 21.3 Å². The number of rotatable bonds is 7. The van der Waals surface area contributed by atoms with Crippen molar-refractivity contribution >= 4 is 0 Å². The zero-order valence-electron chi connectivity index (χ0n) is 10.9. The third kappa shape index (κ3) is 4.84. The van der Waals surface area contributed by atoms with Gasteiger partial charge in [0.25, 0.3) is 0 Å². The van der Waals surface area contributed by atoms with E-state index in [0.29, 0.717) is 31.2 Å². The summed E-state index contributed by atoms with van der Waals surface area (Å²) in [5, 5.41) is 3.35. The third-order valence-electron chi connectivity index (χ3n) is 2.82. The highest BCUT2D eigenvalue weighted by Gasteiger charge is 2.13. The molecule has 0 saturated heterocycles. The Balaban J connectivity index is 2.49. The normalized spacial score (nSPS) is 13.0.